The number of nitrogens with one attached hydrogen (secondary N) is 1. The fourth-order valence-electron chi connectivity index (χ4n) is 2.50. The summed E-state index contributed by atoms with van der Waals surface area (Å²) < 4.78 is 11.1. The Kier molecular flexibility index (Phi) is 6.46. The monoisotopic (exact) mass is 410 g/mol. The molecule has 0 bridgehead atoms. The van der Waals surface area contributed by atoms with E-state index in [9.17, 15) is 9.59 Å². The van der Waals surface area contributed by atoms with Crippen LogP contribution in [0.1, 0.15) is 22.8 Å². The number of anilines is 1. The van der Waals surface area contributed by atoms with E-state index in [0.29, 0.717) is 22.2 Å². The van der Waals surface area contributed by atoms with Crippen molar-refractivity contribution in [2.45, 2.75) is 20.0 Å². The number of hydrogen-bond acceptors (Lipinski definition) is 5. The van der Waals surface area contributed by atoms with E-state index in [4.69, 9.17) is 21.1 Å². The molecule has 1 heterocycles. The van der Waals surface area contributed by atoms with Gasteiger partial charge in [0.15, 0.2) is 6.10 Å². The lowest BCUT2D eigenvalue weighted by Gasteiger charge is -2.16. The molecule has 0 spiro atoms. The number of pyridine rings is 1. The topological polar surface area (TPSA) is 77.5 Å². The van der Waals surface area contributed by atoms with Crippen LogP contribution in [0, 0.1) is 6.92 Å². The summed E-state index contributed by atoms with van der Waals surface area (Å²) in [6.45, 7) is 3.34. The molecule has 3 rings (SSSR count). The van der Waals surface area contributed by atoms with Crippen LogP contribution in [0.25, 0.3) is 0 Å². The first-order valence-electron chi connectivity index (χ1n) is 8.89. The van der Waals surface area contributed by atoms with Gasteiger partial charge in [-0.1, -0.05) is 29.8 Å². The highest BCUT2D eigenvalue weighted by atomic mass is 35.5. The molecule has 1 unspecified atom stereocenters. The normalized spacial score (nSPS) is 11.4. The quantitative estimate of drug-likeness (QED) is 0.577. The summed E-state index contributed by atoms with van der Waals surface area (Å²) >= 11 is 5.97. The molecular weight excluding hydrogens is 392 g/mol. The van der Waals surface area contributed by atoms with Crippen LogP contribution >= 0.6 is 11.6 Å². The molecule has 148 valence electrons. The minimum atomic E-state index is -1.02. The molecule has 1 amide bonds. The van der Waals surface area contributed by atoms with Crippen molar-refractivity contribution in [1.29, 1.82) is 0 Å². The van der Waals surface area contributed by atoms with E-state index in [2.05, 4.69) is 10.3 Å². The second-order valence-corrected chi connectivity index (χ2v) is 6.72. The van der Waals surface area contributed by atoms with Crippen molar-refractivity contribution in [1.82, 2.24) is 4.98 Å². The first-order valence-corrected chi connectivity index (χ1v) is 9.27. The lowest BCUT2D eigenvalue weighted by Crippen LogP contribution is -2.30. The van der Waals surface area contributed by atoms with Gasteiger partial charge in [0.25, 0.3) is 5.91 Å². The van der Waals surface area contributed by atoms with Crippen LogP contribution in [0.15, 0.2) is 67.0 Å². The maximum absolute atomic E-state index is 12.6. The van der Waals surface area contributed by atoms with Crippen molar-refractivity contribution in [2.75, 3.05) is 5.32 Å². The predicted octanol–water partition coefficient (Wildman–Crippen LogP) is 5.02. The molecule has 0 aliphatic rings. The highest BCUT2D eigenvalue weighted by Gasteiger charge is 2.22. The molecular formula is C22H19ClN2O4. The van der Waals surface area contributed by atoms with Crippen LogP contribution in [0.4, 0.5) is 5.69 Å². The Labute approximate surface area is 173 Å². The van der Waals surface area contributed by atoms with Crippen molar-refractivity contribution in [3.8, 4) is 11.5 Å². The van der Waals surface area contributed by atoms with Crippen LogP contribution in [0.5, 0.6) is 11.5 Å². The van der Waals surface area contributed by atoms with Gasteiger partial charge < -0.3 is 14.8 Å². The van der Waals surface area contributed by atoms with Gasteiger partial charge in [0.1, 0.15) is 17.1 Å². The van der Waals surface area contributed by atoms with Crippen LogP contribution in [-0.2, 0) is 9.53 Å². The summed E-state index contributed by atoms with van der Waals surface area (Å²) in [5.41, 5.74) is 1.61. The van der Waals surface area contributed by atoms with E-state index in [1.165, 1.54) is 13.1 Å². The molecule has 1 N–H and O–H groups in total. The van der Waals surface area contributed by atoms with Crippen LogP contribution < -0.4 is 10.1 Å². The molecule has 3 aromatic rings. The second-order valence-electron chi connectivity index (χ2n) is 6.28. The number of aromatic nitrogens is 1. The fourth-order valence-corrected chi connectivity index (χ4v) is 2.67. The number of nitrogens with zero attached hydrogens (tertiary/aromatic N) is 1. The molecule has 0 saturated carbocycles. The van der Waals surface area contributed by atoms with Crippen LogP contribution in [0.2, 0.25) is 5.02 Å². The van der Waals surface area contributed by atoms with E-state index in [0.717, 1.165) is 5.56 Å². The number of carbonyl (C=O) groups is 2. The number of para-hydroxylation sites is 1. The van der Waals surface area contributed by atoms with Gasteiger partial charge in [0.2, 0.25) is 0 Å². The number of esters is 1. The van der Waals surface area contributed by atoms with Gasteiger partial charge in [-0.3, -0.25) is 9.78 Å². The first kappa shape index (κ1) is 20.4. The van der Waals surface area contributed by atoms with Crippen LogP contribution in [-0.4, -0.2) is 23.0 Å². The Morgan fingerprint density at radius 1 is 1.10 bits per heavy atom. The van der Waals surface area contributed by atoms with Gasteiger partial charge in [-0.05, 0) is 55.8 Å². The van der Waals surface area contributed by atoms with E-state index >= 15 is 0 Å². The molecule has 0 aliphatic heterocycles. The summed E-state index contributed by atoms with van der Waals surface area (Å²) in [6, 6.07) is 15.2. The van der Waals surface area contributed by atoms with Crippen molar-refractivity contribution in [3.63, 3.8) is 0 Å². The second kappa shape index (κ2) is 9.21. The van der Waals surface area contributed by atoms with Crippen molar-refractivity contribution in [2.24, 2.45) is 0 Å². The molecule has 0 aliphatic carbocycles. The average Bonchev–Trinajstić information content (AvgIpc) is 2.71. The Balaban J connectivity index is 1.69. The molecule has 2 aromatic carbocycles. The van der Waals surface area contributed by atoms with E-state index in [1.807, 2.05) is 6.92 Å². The molecule has 1 aromatic heterocycles. The number of carbonyl (C=O) groups excluding carboxylic acids is 2. The summed E-state index contributed by atoms with van der Waals surface area (Å²) in [5.74, 6) is -0.344. The molecule has 1 atom stereocenters. The third-order valence-electron chi connectivity index (χ3n) is 4.08. The van der Waals surface area contributed by atoms with E-state index in [-0.39, 0.29) is 5.56 Å². The summed E-state index contributed by atoms with van der Waals surface area (Å²) in [5, 5.41) is 3.22. The van der Waals surface area contributed by atoms with Crippen LogP contribution in [0.3, 0.4) is 0 Å². The largest absolute Gasteiger partial charge is 0.455 e. The van der Waals surface area contributed by atoms with Gasteiger partial charge in [0.05, 0.1) is 6.20 Å². The van der Waals surface area contributed by atoms with Crippen molar-refractivity contribution < 1.29 is 19.1 Å². The molecule has 0 fully saturated rings. The molecule has 7 heteroatoms. The van der Waals surface area contributed by atoms with Gasteiger partial charge in [-0.2, -0.15) is 0 Å². The number of aryl methyl sites for hydroxylation is 1. The average molecular weight is 411 g/mol. The maximum atomic E-state index is 12.6. The third kappa shape index (κ3) is 5.33. The number of ether oxygens (including phenoxy) is 2. The number of amides is 1. The zero-order chi connectivity index (χ0) is 20.8. The predicted molar refractivity (Wildman–Crippen MR) is 110 cm³/mol. The minimum Gasteiger partial charge on any atom is -0.455 e. The van der Waals surface area contributed by atoms with Crippen molar-refractivity contribution >= 4 is 29.2 Å². The number of hydrogen-bond donors (Lipinski definition) is 1. The third-order valence-corrected chi connectivity index (χ3v) is 4.31. The number of rotatable bonds is 6. The zero-order valence-corrected chi connectivity index (χ0v) is 16.6. The Morgan fingerprint density at radius 2 is 1.90 bits per heavy atom. The minimum absolute atomic E-state index is 0.204. The molecule has 6 nitrogen and oxygen atoms in total. The standard InChI is InChI=1S/C22H19ClN2O4/c1-14-9-10-16(23)12-19(14)25-21(26)15(2)28-22(27)18-7-3-4-8-20(18)29-17-6-5-11-24-13-17/h3-13,15H,1-2H3,(H,25,26). The molecule has 0 saturated heterocycles. The van der Waals surface area contributed by atoms with Gasteiger partial charge in [-0.15, -0.1) is 0 Å². The molecule has 29 heavy (non-hydrogen) atoms. The van der Waals surface area contributed by atoms with Gasteiger partial charge >= 0.3 is 5.97 Å². The number of halogens is 1. The Morgan fingerprint density at radius 3 is 2.66 bits per heavy atom. The lowest BCUT2D eigenvalue weighted by molar-refractivity contribution is -0.123. The lowest BCUT2D eigenvalue weighted by atomic mass is 10.2. The van der Waals surface area contributed by atoms with E-state index < -0.39 is 18.0 Å². The summed E-state index contributed by atoms with van der Waals surface area (Å²) in [4.78, 5) is 29.0. The maximum Gasteiger partial charge on any atom is 0.342 e. The summed E-state index contributed by atoms with van der Waals surface area (Å²) in [6.07, 6.45) is 2.13. The van der Waals surface area contributed by atoms with Crippen molar-refractivity contribution in [3.05, 3.63) is 83.1 Å². The Bertz CT molecular complexity index is 1020. The van der Waals surface area contributed by atoms with Gasteiger partial charge in [-0.25, -0.2) is 4.79 Å². The fraction of sp³-hybridized carbons (Fsp3) is 0.136. The zero-order valence-electron chi connectivity index (χ0n) is 15.9. The SMILES string of the molecule is Cc1ccc(Cl)cc1NC(=O)C(C)OC(=O)c1ccccc1Oc1cccnc1. The number of benzene rings is 2. The highest BCUT2D eigenvalue weighted by Crippen LogP contribution is 2.26. The highest BCUT2D eigenvalue weighted by molar-refractivity contribution is 6.31. The van der Waals surface area contributed by atoms with Gasteiger partial charge in [0, 0.05) is 16.9 Å². The van der Waals surface area contributed by atoms with E-state index in [1.54, 1.807) is 60.8 Å². The summed E-state index contributed by atoms with van der Waals surface area (Å²) in [7, 11) is 0. The smallest absolute Gasteiger partial charge is 0.342 e. The molecule has 0 radical (unpaired) electrons. The Hall–Kier alpha value is -3.38. The first-order chi connectivity index (χ1) is 13.9.